The van der Waals surface area contributed by atoms with E-state index >= 15 is 0 Å². The standard InChI is InChI=1S/C25H35NO4/c1-6-7-8-9-18-16(3)13-17-12-15(2)10-11-19(17)25(18,4)23(29)21-22(28)20(14-27)26(5)24(21)30/h6-9,13,15,17-20,27,29H,10-12,14H2,1-5H3/t15-,17+,18-,19-,20+,25-/m0/s1. The van der Waals surface area contributed by atoms with E-state index in [1.165, 1.54) is 11.9 Å². The highest BCUT2D eigenvalue weighted by Gasteiger charge is 2.55. The number of allylic oxidation sites excluding steroid dienone is 7. The molecule has 1 amide bonds. The largest absolute Gasteiger partial charge is 0.511 e. The number of aliphatic hydroxyl groups excluding tert-OH is 2. The van der Waals surface area contributed by atoms with Crippen LogP contribution in [-0.4, -0.2) is 46.5 Å². The van der Waals surface area contributed by atoms with E-state index in [0.29, 0.717) is 11.8 Å². The second-order valence-electron chi connectivity index (χ2n) is 9.47. The minimum Gasteiger partial charge on any atom is -0.511 e. The summed E-state index contributed by atoms with van der Waals surface area (Å²) < 4.78 is 0. The van der Waals surface area contributed by atoms with Crippen molar-refractivity contribution in [2.75, 3.05) is 13.7 Å². The first kappa shape index (κ1) is 22.5. The lowest BCUT2D eigenvalue weighted by Gasteiger charge is -2.52. The number of Topliss-reactive ketones (excluding diaryl/α,β-unsaturated/α-hetero) is 1. The van der Waals surface area contributed by atoms with Crippen LogP contribution < -0.4 is 0 Å². The molecule has 0 aromatic heterocycles. The molecule has 0 aromatic rings. The zero-order valence-corrected chi connectivity index (χ0v) is 18.8. The summed E-state index contributed by atoms with van der Waals surface area (Å²) in [7, 11) is 1.50. The lowest BCUT2D eigenvalue weighted by molar-refractivity contribution is -0.126. The average Bonchev–Trinajstić information content (AvgIpc) is 2.91. The molecule has 0 radical (unpaired) electrons. The molecular weight excluding hydrogens is 378 g/mol. The van der Waals surface area contributed by atoms with Crippen LogP contribution in [0.2, 0.25) is 0 Å². The van der Waals surface area contributed by atoms with E-state index in [1.54, 1.807) is 0 Å². The summed E-state index contributed by atoms with van der Waals surface area (Å²) in [6.45, 7) is 7.86. The molecule has 1 heterocycles. The summed E-state index contributed by atoms with van der Waals surface area (Å²) in [5.74, 6) is -0.128. The van der Waals surface area contributed by atoms with Gasteiger partial charge in [0.15, 0.2) is 5.78 Å². The van der Waals surface area contributed by atoms with Gasteiger partial charge in [0.2, 0.25) is 0 Å². The molecule has 2 aliphatic carbocycles. The van der Waals surface area contributed by atoms with Crippen molar-refractivity contribution in [3.63, 3.8) is 0 Å². The van der Waals surface area contributed by atoms with Crippen LogP contribution in [0.4, 0.5) is 0 Å². The van der Waals surface area contributed by atoms with Gasteiger partial charge in [0.05, 0.1) is 6.61 Å². The molecule has 2 N–H and O–H groups in total. The molecule has 1 saturated heterocycles. The fourth-order valence-corrected chi connectivity index (χ4v) is 5.92. The van der Waals surface area contributed by atoms with Crippen LogP contribution in [0.3, 0.4) is 0 Å². The molecule has 30 heavy (non-hydrogen) atoms. The highest BCUT2D eigenvalue weighted by Crippen LogP contribution is 2.58. The number of ketones is 1. The zero-order valence-electron chi connectivity index (χ0n) is 18.8. The number of likely N-dealkylation sites (N-methyl/N-ethyl adjacent to an activating group) is 1. The topological polar surface area (TPSA) is 77.8 Å². The Hall–Kier alpha value is -2.14. The van der Waals surface area contributed by atoms with Crippen LogP contribution in [0.25, 0.3) is 0 Å². The Morgan fingerprint density at radius 3 is 2.60 bits per heavy atom. The molecule has 5 nitrogen and oxygen atoms in total. The van der Waals surface area contributed by atoms with Crippen molar-refractivity contribution >= 4 is 11.7 Å². The van der Waals surface area contributed by atoms with Gasteiger partial charge in [-0.15, -0.1) is 0 Å². The average molecular weight is 414 g/mol. The Balaban J connectivity index is 2.19. The highest BCUT2D eigenvalue weighted by molar-refractivity contribution is 6.26. The predicted molar refractivity (Wildman–Crippen MR) is 118 cm³/mol. The third-order valence-corrected chi connectivity index (χ3v) is 7.62. The summed E-state index contributed by atoms with van der Waals surface area (Å²) >= 11 is 0. The second kappa shape index (κ2) is 8.54. The van der Waals surface area contributed by atoms with E-state index in [-0.39, 0.29) is 23.2 Å². The van der Waals surface area contributed by atoms with Gasteiger partial charge in [0.25, 0.3) is 5.91 Å². The van der Waals surface area contributed by atoms with Crippen LogP contribution >= 0.6 is 0 Å². The van der Waals surface area contributed by atoms with E-state index in [9.17, 15) is 19.8 Å². The lowest BCUT2D eigenvalue weighted by atomic mass is 9.52. The molecule has 3 rings (SSSR count). The van der Waals surface area contributed by atoms with E-state index < -0.39 is 29.8 Å². The van der Waals surface area contributed by atoms with Gasteiger partial charge in [-0.2, -0.15) is 0 Å². The molecular formula is C25H35NO4. The quantitative estimate of drug-likeness (QED) is 0.240. The first-order chi connectivity index (χ1) is 14.2. The third-order valence-electron chi connectivity index (χ3n) is 7.62. The molecule has 3 aliphatic rings. The van der Waals surface area contributed by atoms with Gasteiger partial charge in [-0.05, 0) is 44.4 Å². The van der Waals surface area contributed by atoms with Crippen molar-refractivity contribution < 1.29 is 19.8 Å². The lowest BCUT2D eigenvalue weighted by Crippen LogP contribution is -2.46. The molecule has 1 saturated carbocycles. The summed E-state index contributed by atoms with van der Waals surface area (Å²) in [6, 6.07) is -0.919. The number of likely N-dealkylation sites (tertiary alicyclic amines) is 1. The van der Waals surface area contributed by atoms with Gasteiger partial charge in [0.1, 0.15) is 17.4 Å². The molecule has 5 heteroatoms. The molecule has 0 spiro atoms. The van der Waals surface area contributed by atoms with Gasteiger partial charge in [-0.3, -0.25) is 9.59 Å². The van der Waals surface area contributed by atoms with E-state index in [1.807, 2.05) is 32.1 Å². The normalized spacial score (nSPS) is 39.1. The number of rotatable bonds is 4. The molecule has 0 aromatic carbocycles. The Labute approximate surface area is 179 Å². The predicted octanol–water partition coefficient (Wildman–Crippen LogP) is 3.97. The van der Waals surface area contributed by atoms with Crippen LogP contribution in [-0.2, 0) is 9.59 Å². The van der Waals surface area contributed by atoms with Crippen LogP contribution in [0.5, 0.6) is 0 Å². The molecule has 2 fully saturated rings. The van der Waals surface area contributed by atoms with E-state index in [0.717, 1.165) is 24.8 Å². The highest BCUT2D eigenvalue weighted by atomic mass is 16.3. The number of amides is 1. The van der Waals surface area contributed by atoms with Gasteiger partial charge < -0.3 is 15.1 Å². The molecule has 164 valence electrons. The molecule has 1 aliphatic heterocycles. The van der Waals surface area contributed by atoms with Crippen molar-refractivity contribution in [2.45, 2.75) is 53.0 Å². The summed E-state index contributed by atoms with van der Waals surface area (Å²) in [4.78, 5) is 27.1. The van der Waals surface area contributed by atoms with E-state index in [4.69, 9.17) is 0 Å². The van der Waals surface area contributed by atoms with Crippen molar-refractivity contribution in [1.82, 2.24) is 4.90 Å². The van der Waals surface area contributed by atoms with Crippen LogP contribution in [0, 0.1) is 29.1 Å². The summed E-state index contributed by atoms with van der Waals surface area (Å²) in [5.41, 5.74) is 0.259. The fraction of sp³-hybridized carbons (Fsp3) is 0.600. The third kappa shape index (κ3) is 3.47. The summed E-state index contributed by atoms with van der Waals surface area (Å²) in [6.07, 6.45) is 13.4. The van der Waals surface area contributed by atoms with Gasteiger partial charge in [-0.25, -0.2) is 0 Å². The SMILES string of the molecule is CC=CC=C[C@H]1C(C)=C[C@H]2C[C@@H](C)CC[C@@H]2[C@@]1(C)C(O)=C1C(=O)[C@@H](CO)N(C)C1=O. The van der Waals surface area contributed by atoms with Crippen molar-refractivity contribution in [2.24, 2.45) is 29.1 Å². The maximum Gasteiger partial charge on any atom is 0.261 e. The molecule has 6 atom stereocenters. The molecule has 0 unspecified atom stereocenters. The second-order valence-corrected chi connectivity index (χ2v) is 9.47. The summed E-state index contributed by atoms with van der Waals surface area (Å²) in [5, 5.41) is 21.2. The van der Waals surface area contributed by atoms with E-state index in [2.05, 4.69) is 26.0 Å². The first-order valence-electron chi connectivity index (χ1n) is 11.0. The van der Waals surface area contributed by atoms with Crippen molar-refractivity contribution in [1.29, 1.82) is 0 Å². The number of carbonyl (C=O) groups is 2. The minimum atomic E-state index is -0.919. The first-order valence-corrected chi connectivity index (χ1v) is 11.0. The number of hydrogen-bond donors (Lipinski definition) is 2. The number of carbonyl (C=O) groups excluding carboxylic acids is 2. The Morgan fingerprint density at radius 2 is 2.00 bits per heavy atom. The maximum absolute atomic E-state index is 13.0. The Morgan fingerprint density at radius 1 is 1.30 bits per heavy atom. The van der Waals surface area contributed by atoms with Crippen molar-refractivity contribution in [3.05, 3.63) is 47.3 Å². The number of nitrogens with zero attached hydrogens (tertiary/aromatic N) is 1. The van der Waals surface area contributed by atoms with Crippen LogP contribution in [0.1, 0.15) is 47.0 Å². The maximum atomic E-state index is 13.0. The minimum absolute atomic E-state index is 0.104. The number of fused-ring (bicyclic) bond motifs is 1. The van der Waals surface area contributed by atoms with Gasteiger partial charge in [0, 0.05) is 18.4 Å². The fourth-order valence-electron chi connectivity index (χ4n) is 5.92. The van der Waals surface area contributed by atoms with Crippen LogP contribution in [0.15, 0.2) is 47.3 Å². The number of aliphatic hydroxyl groups is 2. The Bertz CT molecular complexity index is 836. The van der Waals surface area contributed by atoms with Gasteiger partial charge in [-0.1, -0.05) is 56.2 Å². The molecule has 0 bridgehead atoms. The zero-order chi connectivity index (χ0) is 22.2. The van der Waals surface area contributed by atoms with Gasteiger partial charge >= 0.3 is 0 Å². The Kier molecular flexibility index (Phi) is 6.42. The number of hydrogen-bond acceptors (Lipinski definition) is 4. The van der Waals surface area contributed by atoms with Crippen molar-refractivity contribution in [3.8, 4) is 0 Å². The monoisotopic (exact) mass is 413 g/mol. The smallest absolute Gasteiger partial charge is 0.261 e.